The monoisotopic (exact) mass is 461 g/mol. The fourth-order valence-corrected chi connectivity index (χ4v) is 4.59. The maximum absolute atomic E-state index is 15.3. The average Bonchev–Trinajstić information content (AvgIpc) is 2.81. The molecule has 1 aromatic heterocycles. The first kappa shape index (κ1) is 25.4. The van der Waals surface area contributed by atoms with Crippen LogP contribution in [0, 0.1) is 36.9 Å². The van der Waals surface area contributed by atoms with Crippen molar-refractivity contribution < 1.29 is 4.39 Å². The molecular weight excluding hydrogens is 425 g/mol. The van der Waals surface area contributed by atoms with Gasteiger partial charge in [-0.05, 0) is 75.3 Å². The molecule has 1 N–H and O–H groups in total. The summed E-state index contributed by atoms with van der Waals surface area (Å²) in [5.74, 6) is 0.979. The molecule has 0 amide bonds. The quantitative estimate of drug-likeness (QED) is 0.369. The SMILES string of the molecule is CCC(CCC(C)C)N(C)c1cc2c(N[C@H](C)c3cccc(C#N)c3C)nnc(C)c2cc1F. The van der Waals surface area contributed by atoms with Gasteiger partial charge in [-0.25, -0.2) is 4.39 Å². The van der Waals surface area contributed by atoms with Gasteiger partial charge in [-0.1, -0.05) is 32.9 Å². The molecule has 0 saturated carbocycles. The first-order valence-corrected chi connectivity index (χ1v) is 12.1. The first-order valence-electron chi connectivity index (χ1n) is 12.1. The Labute approximate surface area is 203 Å². The number of aryl methyl sites for hydroxylation is 1. The molecule has 5 nitrogen and oxygen atoms in total. The highest BCUT2D eigenvalue weighted by Gasteiger charge is 2.21. The van der Waals surface area contributed by atoms with Gasteiger partial charge in [0.05, 0.1) is 29.1 Å². The van der Waals surface area contributed by atoms with Gasteiger partial charge in [0, 0.05) is 23.9 Å². The van der Waals surface area contributed by atoms with Crippen LogP contribution >= 0.6 is 0 Å². The largest absolute Gasteiger partial charge is 0.369 e. The van der Waals surface area contributed by atoms with Gasteiger partial charge in [0.25, 0.3) is 0 Å². The second kappa shape index (κ2) is 10.8. The van der Waals surface area contributed by atoms with Crippen LogP contribution in [0.2, 0.25) is 0 Å². The van der Waals surface area contributed by atoms with E-state index in [4.69, 9.17) is 0 Å². The van der Waals surface area contributed by atoms with Gasteiger partial charge in [0.1, 0.15) is 5.82 Å². The van der Waals surface area contributed by atoms with Gasteiger partial charge in [-0.15, -0.1) is 5.10 Å². The van der Waals surface area contributed by atoms with Crippen LogP contribution < -0.4 is 10.2 Å². The second-order valence-electron chi connectivity index (χ2n) is 9.63. The Bertz CT molecular complexity index is 1200. The minimum atomic E-state index is -0.245. The zero-order chi connectivity index (χ0) is 25.0. The lowest BCUT2D eigenvalue weighted by Crippen LogP contribution is -2.32. The summed E-state index contributed by atoms with van der Waals surface area (Å²) in [6.07, 6.45) is 3.07. The lowest BCUT2D eigenvalue weighted by molar-refractivity contribution is 0.472. The van der Waals surface area contributed by atoms with E-state index in [1.165, 1.54) is 0 Å². The second-order valence-corrected chi connectivity index (χ2v) is 9.63. The maximum Gasteiger partial charge on any atom is 0.157 e. The molecule has 0 spiro atoms. The predicted octanol–water partition coefficient (Wildman–Crippen LogP) is 7.08. The third-order valence-electron chi connectivity index (χ3n) is 6.82. The van der Waals surface area contributed by atoms with Gasteiger partial charge >= 0.3 is 0 Å². The van der Waals surface area contributed by atoms with Gasteiger partial charge < -0.3 is 10.2 Å². The van der Waals surface area contributed by atoms with Gasteiger partial charge in [0.2, 0.25) is 0 Å². The molecule has 180 valence electrons. The number of anilines is 2. The summed E-state index contributed by atoms with van der Waals surface area (Å²) in [6.45, 7) is 12.4. The molecule has 0 fully saturated rings. The molecule has 3 rings (SSSR count). The van der Waals surface area contributed by atoms with Crippen molar-refractivity contribution >= 4 is 22.3 Å². The van der Waals surface area contributed by atoms with Crippen LogP contribution in [0.4, 0.5) is 15.9 Å². The van der Waals surface area contributed by atoms with Crippen molar-refractivity contribution in [2.75, 3.05) is 17.3 Å². The fourth-order valence-electron chi connectivity index (χ4n) is 4.59. The highest BCUT2D eigenvalue weighted by molar-refractivity contribution is 5.95. The van der Waals surface area contributed by atoms with Crippen molar-refractivity contribution in [3.8, 4) is 6.07 Å². The molecule has 0 aliphatic rings. The molecule has 0 radical (unpaired) electrons. The van der Waals surface area contributed by atoms with E-state index in [1.807, 2.05) is 52.1 Å². The van der Waals surface area contributed by atoms with Gasteiger partial charge in [-0.3, -0.25) is 0 Å². The van der Waals surface area contributed by atoms with Crippen LogP contribution in [0.1, 0.15) is 75.4 Å². The summed E-state index contributed by atoms with van der Waals surface area (Å²) < 4.78 is 15.3. The Morgan fingerprint density at radius 3 is 2.47 bits per heavy atom. The Balaban J connectivity index is 2.02. The Morgan fingerprint density at radius 2 is 1.82 bits per heavy atom. The number of hydrogen-bond acceptors (Lipinski definition) is 5. The van der Waals surface area contributed by atoms with E-state index in [2.05, 4.69) is 47.3 Å². The van der Waals surface area contributed by atoms with Crippen LogP contribution in [0.25, 0.3) is 10.8 Å². The Kier molecular flexibility index (Phi) is 8.09. The normalized spacial score (nSPS) is 13.1. The molecule has 3 aromatic rings. The molecule has 0 saturated heterocycles. The van der Waals surface area contributed by atoms with E-state index in [9.17, 15) is 5.26 Å². The first-order chi connectivity index (χ1) is 16.2. The smallest absolute Gasteiger partial charge is 0.157 e. The summed E-state index contributed by atoms with van der Waals surface area (Å²) in [7, 11) is 1.98. The number of rotatable bonds is 9. The van der Waals surface area contributed by atoms with Crippen molar-refractivity contribution in [3.63, 3.8) is 0 Å². The lowest BCUT2D eigenvalue weighted by atomic mass is 9.98. The number of aromatic nitrogens is 2. The number of nitriles is 1. The van der Waals surface area contributed by atoms with Crippen LogP contribution in [0.15, 0.2) is 30.3 Å². The number of halogens is 1. The minimum absolute atomic E-state index is 0.103. The number of benzene rings is 2. The van der Waals surface area contributed by atoms with Crippen molar-refractivity contribution in [2.45, 2.75) is 72.9 Å². The summed E-state index contributed by atoms with van der Waals surface area (Å²) >= 11 is 0. The number of fused-ring (bicyclic) bond motifs is 1. The number of nitrogens with zero attached hydrogens (tertiary/aromatic N) is 4. The van der Waals surface area contributed by atoms with E-state index in [1.54, 1.807) is 6.07 Å². The maximum atomic E-state index is 15.3. The van der Waals surface area contributed by atoms with E-state index in [0.29, 0.717) is 28.7 Å². The standard InChI is InChI=1S/C28H36FN5/c1-8-22(13-12-17(2)3)34(7)27-15-25-24(14-26(27)29)20(6)32-33-28(25)31-19(5)23-11-9-10-21(16-30)18(23)4/h9-11,14-15,17,19,22H,8,12-13H2,1-7H3,(H,31,33)/t19-,22?/m1/s1. The summed E-state index contributed by atoms with van der Waals surface area (Å²) in [6, 6.07) is 11.6. The van der Waals surface area contributed by atoms with Gasteiger partial charge in [-0.2, -0.15) is 10.4 Å². The zero-order valence-corrected chi connectivity index (χ0v) is 21.4. The number of nitrogens with one attached hydrogen (secondary N) is 1. The van der Waals surface area contributed by atoms with Crippen LogP contribution in [0.5, 0.6) is 0 Å². The molecule has 0 aliphatic heterocycles. The van der Waals surface area contributed by atoms with Crippen LogP contribution in [-0.4, -0.2) is 23.3 Å². The third-order valence-corrected chi connectivity index (χ3v) is 6.82. The molecule has 2 atom stereocenters. The van der Waals surface area contributed by atoms with Gasteiger partial charge in [0.15, 0.2) is 5.82 Å². The Hall–Kier alpha value is -3.20. The Morgan fingerprint density at radius 1 is 1.09 bits per heavy atom. The average molecular weight is 462 g/mol. The summed E-state index contributed by atoms with van der Waals surface area (Å²) in [5, 5.41) is 23.2. The molecule has 34 heavy (non-hydrogen) atoms. The van der Waals surface area contributed by atoms with E-state index >= 15 is 4.39 Å². The molecule has 6 heteroatoms. The fraction of sp³-hybridized carbons (Fsp3) is 0.464. The van der Waals surface area contributed by atoms with E-state index < -0.39 is 0 Å². The van der Waals surface area contributed by atoms with Crippen molar-refractivity contribution in [1.82, 2.24) is 10.2 Å². The molecule has 1 unspecified atom stereocenters. The highest BCUT2D eigenvalue weighted by Crippen LogP contribution is 2.34. The van der Waals surface area contributed by atoms with E-state index in [0.717, 1.165) is 41.2 Å². The molecule has 1 heterocycles. The summed E-state index contributed by atoms with van der Waals surface area (Å²) in [5.41, 5.74) is 3.89. The van der Waals surface area contributed by atoms with Crippen molar-refractivity contribution in [1.29, 1.82) is 5.26 Å². The zero-order valence-electron chi connectivity index (χ0n) is 21.4. The van der Waals surface area contributed by atoms with Crippen LogP contribution in [-0.2, 0) is 0 Å². The lowest BCUT2D eigenvalue weighted by Gasteiger charge is -2.30. The van der Waals surface area contributed by atoms with Crippen molar-refractivity contribution in [2.24, 2.45) is 5.92 Å². The predicted molar refractivity (Wildman–Crippen MR) is 139 cm³/mol. The van der Waals surface area contributed by atoms with Crippen LogP contribution in [0.3, 0.4) is 0 Å². The minimum Gasteiger partial charge on any atom is -0.369 e. The summed E-state index contributed by atoms with van der Waals surface area (Å²) in [4.78, 5) is 2.07. The molecule has 0 bridgehead atoms. The molecule has 2 aromatic carbocycles. The molecule has 0 aliphatic carbocycles. The van der Waals surface area contributed by atoms with Crippen molar-refractivity contribution in [3.05, 3.63) is 58.5 Å². The highest BCUT2D eigenvalue weighted by atomic mass is 19.1. The number of hydrogen-bond donors (Lipinski definition) is 1. The van der Waals surface area contributed by atoms with E-state index in [-0.39, 0.29) is 17.9 Å². The topological polar surface area (TPSA) is 64.8 Å². The third kappa shape index (κ3) is 5.30. The molecular formula is C28H36FN5.